The number of aromatic nitrogens is 3. The first-order valence-corrected chi connectivity index (χ1v) is 7.08. The van der Waals surface area contributed by atoms with Crippen molar-refractivity contribution in [1.29, 1.82) is 0 Å². The Kier molecular flexibility index (Phi) is 4.11. The van der Waals surface area contributed by atoms with Crippen molar-refractivity contribution in [2.24, 2.45) is 0 Å². The summed E-state index contributed by atoms with van der Waals surface area (Å²) >= 11 is 4.47. The third kappa shape index (κ3) is 3.07. The maximum Gasteiger partial charge on any atom is 0.313 e. The summed E-state index contributed by atoms with van der Waals surface area (Å²) in [5, 5.41) is 16.9. The van der Waals surface area contributed by atoms with Crippen LogP contribution >= 0.6 is 27.7 Å². The molecule has 0 bridgehead atoms. The van der Waals surface area contributed by atoms with Gasteiger partial charge in [0.25, 0.3) is 0 Å². The van der Waals surface area contributed by atoms with Crippen LogP contribution in [0.15, 0.2) is 27.8 Å². The van der Waals surface area contributed by atoms with Crippen LogP contribution in [0.25, 0.3) is 11.4 Å². The molecule has 0 aliphatic carbocycles. The van der Waals surface area contributed by atoms with Gasteiger partial charge in [0.2, 0.25) is 5.16 Å². The average molecular weight is 343 g/mol. The summed E-state index contributed by atoms with van der Waals surface area (Å²) < 4.78 is 2.15. The monoisotopic (exact) mass is 342 g/mol. The van der Waals surface area contributed by atoms with E-state index in [1.165, 1.54) is 4.68 Å². The Hall–Kier alpha value is -1.54. The zero-order valence-electron chi connectivity index (χ0n) is 10.00. The zero-order valence-corrected chi connectivity index (χ0v) is 12.4. The van der Waals surface area contributed by atoms with Gasteiger partial charge >= 0.3 is 5.97 Å². The first-order chi connectivity index (χ1) is 8.99. The molecule has 0 amide bonds. The van der Waals surface area contributed by atoms with E-state index >= 15 is 0 Å². The van der Waals surface area contributed by atoms with E-state index < -0.39 is 5.97 Å². The predicted octanol–water partition coefficient (Wildman–Crippen LogP) is 1.91. The summed E-state index contributed by atoms with van der Waals surface area (Å²) in [5.41, 5.74) is 1.89. The highest BCUT2D eigenvalue weighted by Crippen LogP contribution is 2.29. The van der Waals surface area contributed by atoms with Crippen LogP contribution in [-0.2, 0) is 4.79 Å². The average Bonchev–Trinajstić information content (AvgIpc) is 2.71. The lowest BCUT2D eigenvalue weighted by Gasteiger charge is -2.06. The highest BCUT2D eigenvalue weighted by molar-refractivity contribution is 9.10. The topological polar surface area (TPSA) is 94.0 Å². The lowest BCUT2D eigenvalue weighted by Crippen LogP contribution is -2.12. The second-order valence-corrected chi connectivity index (χ2v) is 5.64. The summed E-state index contributed by atoms with van der Waals surface area (Å²) in [5.74, 6) is 5.36. The lowest BCUT2D eigenvalue weighted by atomic mass is 10.1. The smallest absolute Gasteiger partial charge is 0.313 e. The predicted molar refractivity (Wildman–Crippen MR) is 76.4 cm³/mol. The second-order valence-electron chi connectivity index (χ2n) is 3.84. The summed E-state index contributed by atoms with van der Waals surface area (Å²) in [6.45, 7) is 1.97. The second kappa shape index (κ2) is 5.62. The Morgan fingerprint density at radius 2 is 2.26 bits per heavy atom. The molecule has 0 saturated heterocycles. The van der Waals surface area contributed by atoms with Crippen molar-refractivity contribution < 1.29 is 9.90 Å². The molecule has 0 unspecified atom stereocenters. The molecule has 0 spiro atoms. The first kappa shape index (κ1) is 13.9. The molecule has 0 saturated carbocycles. The molecular formula is C11H11BrN4O2S. The van der Waals surface area contributed by atoms with Gasteiger partial charge in [-0.1, -0.05) is 39.3 Å². The number of halogens is 1. The minimum Gasteiger partial charge on any atom is -0.481 e. The number of carboxylic acid groups (broad SMARTS) is 1. The lowest BCUT2D eigenvalue weighted by molar-refractivity contribution is -0.133. The van der Waals surface area contributed by atoms with E-state index in [-0.39, 0.29) is 5.75 Å². The number of thioether (sulfide) groups is 1. The van der Waals surface area contributed by atoms with Gasteiger partial charge in [-0.3, -0.25) is 4.79 Å². The van der Waals surface area contributed by atoms with Crippen LogP contribution < -0.4 is 5.84 Å². The first-order valence-electron chi connectivity index (χ1n) is 5.30. The van der Waals surface area contributed by atoms with Crippen LogP contribution in [0.4, 0.5) is 0 Å². The van der Waals surface area contributed by atoms with Gasteiger partial charge in [0.1, 0.15) is 0 Å². The molecule has 0 atom stereocenters. The van der Waals surface area contributed by atoms with Crippen molar-refractivity contribution in [3.05, 3.63) is 28.2 Å². The summed E-state index contributed by atoms with van der Waals surface area (Å²) in [6.07, 6.45) is 0. The Morgan fingerprint density at radius 1 is 1.53 bits per heavy atom. The number of nitrogen functional groups attached to an aromatic ring is 1. The number of benzene rings is 1. The maximum atomic E-state index is 10.5. The van der Waals surface area contributed by atoms with Gasteiger partial charge in [-0.05, 0) is 19.1 Å². The highest BCUT2D eigenvalue weighted by Gasteiger charge is 2.15. The standard InChI is InChI=1S/C11H11BrN4O2S/c1-6-2-3-8(12)7(4-6)10-14-15-11(16(10)13)19-5-9(17)18/h2-4H,5,13H2,1H3,(H,17,18). The molecule has 1 heterocycles. The number of rotatable bonds is 4. The third-order valence-corrected chi connectivity index (χ3v) is 3.97. The number of carboxylic acids is 1. The Bertz CT molecular complexity index is 629. The molecule has 0 aliphatic heterocycles. The summed E-state index contributed by atoms with van der Waals surface area (Å²) in [6, 6.07) is 5.80. The summed E-state index contributed by atoms with van der Waals surface area (Å²) in [4.78, 5) is 10.5. The van der Waals surface area contributed by atoms with Gasteiger partial charge in [0.05, 0.1) is 5.75 Å². The Morgan fingerprint density at radius 3 is 2.95 bits per heavy atom. The van der Waals surface area contributed by atoms with Gasteiger partial charge in [0.15, 0.2) is 5.82 Å². The van der Waals surface area contributed by atoms with Crippen LogP contribution in [0.3, 0.4) is 0 Å². The minimum atomic E-state index is -0.925. The molecule has 2 aromatic rings. The number of nitrogens with zero attached hydrogens (tertiary/aromatic N) is 3. The molecule has 19 heavy (non-hydrogen) atoms. The summed E-state index contributed by atoms with van der Waals surface area (Å²) in [7, 11) is 0. The highest BCUT2D eigenvalue weighted by atomic mass is 79.9. The molecule has 0 fully saturated rings. The van der Waals surface area contributed by atoms with E-state index in [2.05, 4.69) is 26.1 Å². The fourth-order valence-corrected chi connectivity index (χ4v) is 2.50. The van der Waals surface area contributed by atoms with Crippen LogP contribution in [-0.4, -0.2) is 31.7 Å². The fourth-order valence-electron chi connectivity index (χ4n) is 1.50. The number of hydrogen-bond donors (Lipinski definition) is 2. The van der Waals surface area contributed by atoms with Crippen LogP contribution in [0.2, 0.25) is 0 Å². The van der Waals surface area contributed by atoms with Crippen LogP contribution in [0, 0.1) is 6.92 Å². The number of aryl methyl sites for hydroxylation is 1. The maximum absolute atomic E-state index is 10.5. The molecule has 0 radical (unpaired) electrons. The fraction of sp³-hybridized carbons (Fsp3) is 0.182. The van der Waals surface area contributed by atoms with Gasteiger partial charge in [0, 0.05) is 10.0 Å². The molecule has 8 heteroatoms. The van der Waals surface area contributed by atoms with E-state index in [9.17, 15) is 4.79 Å². The molecular weight excluding hydrogens is 332 g/mol. The number of nitrogens with two attached hydrogens (primary N) is 1. The molecule has 2 rings (SSSR count). The third-order valence-electron chi connectivity index (χ3n) is 2.35. The van der Waals surface area contributed by atoms with Crippen molar-refractivity contribution >= 4 is 33.7 Å². The molecule has 1 aromatic heterocycles. The quantitative estimate of drug-likeness (QED) is 0.651. The molecule has 6 nitrogen and oxygen atoms in total. The Balaban J connectivity index is 2.36. The number of carbonyl (C=O) groups is 1. The number of aliphatic carboxylic acids is 1. The van der Waals surface area contributed by atoms with Crippen LogP contribution in [0.5, 0.6) is 0 Å². The minimum absolute atomic E-state index is 0.107. The molecule has 0 aliphatic rings. The van der Waals surface area contributed by atoms with Crippen molar-refractivity contribution in [2.45, 2.75) is 12.1 Å². The van der Waals surface area contributed by atoms with Gasteiger partial charge < -0.3 is 10.9 Å². The zero-order chi connectivity index (χ0) is 14.0. The van der Waals surface area contributed by atoms with E-state index in [1.54, 1.807) is 0 Å². The molecule has 100 valence electrons. The van der Waals surface area contributed by atoms with Gasteiger partial charge in [-0.2, -0.15) is 0 Å². The number of hydrogen-bond acceptors (Lipinski definition) is 5. The van der Waals surface area contributed by atoms with E-state index in [0.29, 0.717) is 11.0 Å². The van der Waals surface area contributed by atoms with Crippen molar-refractivity contribution in [3.8, 4) is 11.4 Å². The van der Waals surface area contributed by atoms with Crippen molar-refractivity contribution in [3.63, 3.8) is 0 Å². The molecule has 1 aromatic carbocycles. The van der Waals surface area contributed by atoms with Crippen LogP contribution in [0.1, 0.15) is 5.56 Å². The van der Waals surface area contributed by atoms with E-state index in [4.69, 9.17) is 10.9 Å². The molecule has 3 N–H and O–H groups in total. The van der Waals surface area contributed by atoms with E-state index in [0.717, 1.165) is 27.4 Å². The largest absolute Gasteiger partial charge is 0.481 e. The normalized spacial score (nSPS) is 10.6. The van der Waals surface area contributed by atoms with E-state index in [1.807, 2.05) is 25.1 Å². The van der Waals surface area contributed by atoms with Crippen molar-refractivity contribution in [2.75, 3.05) is 11.6 Å². The Labute approximate surface area is 122 Å². The SMILES string of the molecule is Cc1ccc(Br)c(-c2nnc(SCC(=O)O)n2N)c1. The van der Waals surface area contributed by atoms with Gasteiger partial charge in [-0.25, -0.2) is 4.68 Å². The van der Waals surface area contributed by atoms with Crippen molar-refractivity contribution in [1.82, 2.24) is 14.9 Å². The van der Waals surface area contributed by atoms with Gasteiger partial charge in [-0.15, -0.1) is 10.2 Å².